The highest BCUT2D eigenvalue weighted by atomic mass is 31.2. The van der Waals surface area contributed by atoms with E-state index in [1.807, 2.05) is 0 Å². The van der Waals surface area contributed by atoms with Crippen molar-refractivity contribution in [3.63, 3.8) is 0 Å². The van der Waals surface area contributed by atoms with E-state index in [0.29, 0.717) is 21.1 Å². The lowest BCUT2D eigenvalue weighted by Crippen LogP contribution is -2.49. The van der Waals surface area contributed by atoms with Crippen LogP contribution in [0.25, 0.3) is 0 Å². The predicted molar refractivity (Wildman–Crippen MR) is 80.9 cm³/mol. The minimum absolute atomic E-state index is 0.327. The maximum Gasteiger partial charge on any atom is 0.570 e. The molecule has 3 rings (SSSR count). The number of alkyl halides is 6. The molecule has 0 aromatic heterocycles. The van der Waals surface area contributed by atoms with Gasteiger partial charge in [0.1, 0.15) is 0 Å². The summed E-state index contributed by atoms with van der Waals surface area (Å²) in [6.45, 7) is 0. The Kier molecular flexibility index (Phi) is 10.5. The summed E-state index contributed by atoms with van der Waals surface area (Å²) in [6.07, 6.45) is -14.7. The fourth-order valence-electron chi connectivity index (χ4n) is 2.04. The second-order valence-electron chi connectivity index (χ2n) is 6.94. The van der Waals surface area contributed by atoms with Crippen LogP contribution in [0.3, 0.4) is 0 Å². The first-order chi connectivity index (χ1) is 17.7. The quantitative estimate of drug-likeness (QED) is 0.168. The van der Waals surface area contributed by atoms with Crippen LogP contribution in [0.4, 0.5) is 79.6 Å². The highest BCUT2D eigenvalue weighted by Crippen LogP contribution is 2.50. The van der Waals surface area contributed by atoms with E-state index < -0.39 is 91.5 Å². The van der Waals surface area contributed by atoms with Gasteiger partial charge < -0.3 is 19.2 Å². The van der Waals surface area contributed by atoms with Crippen LogP contribution in [0.5, 0.6) is 0 Å². The second-order valence-corrected chi connectivity index (χ2v) is 7.83. The number of nitrogens with zero attached hydrogens (tertiary/aromatic N) is 6. The Balaban J connectivity index is 0.000000541. The van der Waals surface area contributed by atoms with Gasteiger partial charge in [0.2, 0.25) is 14.8 Å². The number of hydrogen-bond acceptors (Lipinski definition) is 7. The molecule has 0 unspecified atom stereocenters. The van der Waals surface area contributed by atoms with E-state index in [0.717, 1.165) is 0 Å². The van der Waals surface area contributed by atoms with Crippen LogP contribution in [0.15, 0.2) is 35.7 Å². The summed E-state index contributed by atoms with van der Waals surface area (Å²) < 4.78 is 227. The number of quaternary nitrogens is 3. The molecule has 0 saturated heterocycles. The van der Waals surface area contributed by atoms with Crippen molar-refractivity contribution in [2.45, 2.75) is 18.5 Å². The van der Waals surface area contributed by atoms with Crippen molar-refractivity contribution in [3.05, 3.63) is 35.7 Å². The van der Waals surface area contributed by atoms with Crippen molar-refractivity contribution in [3.8, 4) is 0 Å². The summed E-state index contributed by atoms with van der Waals surface area (Å²) in [5.74, 6) is -15.1. The minimum atomic E-state index is -5.39. The molecule has 3 heterocycles. The summed E-state index contributed by atoms with van der Waals surface area (Å²) in [6, 6.07) is 0. The Morgan fingerprint density at radius 1 is 0.512 bits per heavy atom. The largest absolute Gasteiger partial charge is 0.822 e. The molecule has 0 radical (unpaired) electrons. The number of hydrogen-bond donors (Lipinski definition) is 0. The second kappa shape index (κ2) is 11.2. The summed E-state index contributed by atoms with van der Waals surface area (Å²) in [4.78, 5) is 10.1. The predicted octanol–water partition coefficient (Wildman–Crippen LogP) is 3.58. The number of phosphoric acid groups is 1. The number of rotatable bonds is 0. The Morgan fingerprint density at radius 2 is 0.634 bits per heavy atom. The molecule has 0 amide bonds. The Morgan fingerprint density at radius 3 is 0.659 bits per heavy atom. The monoisotopic (exact) mass is 674 g/mol. The van der Waals surface area contributed by atoms with E-state index in [2.05, 4.69) is 0 Å². The molecule has 3 aliphatic heterocycles. The molecule has 41 heavy (non-hydrogen) atoms. The molecular formula is C12H9F18N6O4P. The van der Waals surface area contributed by atoms with E-state index in [-0.39, 0.29) is 0 Å². The van der Waals surface area contributed by atoms with E-state index in [1.54, 1.807) is 0 Å². The minimum Gasteiger partial charge on any atom is -0.822 e. The molecule has 0 N–H and O–H groups in total. The lowest BCUT2D eigenvalue weighted by Gasteiger charge is -2.36. The van der Waals surface area contributed by atoms with Crippen LogP contribution in [-0.2, 0) is 4.57 Å². The van der Waals surface area contributed by atoms with Gasteiger partial charge in [0.05, 0.1) is 26.9 Å². The van der Waals surface area contributed by atoms with Gasteiger partial charge in [0, 0.05) is 21.1 Å². The summed E-state index contributed by atoms with van der Waals surface area (Å²) in [5.41, 5.74) is 0. The molecule has 242 valence electrons. The van der Waals surface area contributed by atoms with Crippen LogP contribution in [0, 0.1) is 0 Å². The molecule has 0 aromatic carbocycles. The highest BCUT2D eigenvalue weighted by molar-refractivity contribution is 7.40. The first-order valence-corrected chi connectivity index (χ1v) is 10.2. The molecule has 0 spiro atoms. The Labute approximate surface area is 212 Å². The van der Waals surface area contributed by atoms with Gasteiger partial charge in [-0.2, -0.15) is 21.0 Å². The van der Waals surface area contributed by atoms with Crippen molar-refractivity contribution in [2.75, 3.05) is 21.1 Å². The standard InChI is InChI=1S/3C4H3F6N2.H3O4P/c3*1-11-2(5)3(6)12(9,10)4(11,7)8;1-5(2,3)4/h3*1H3;(H3,1,2,3,4)/q3*+1;/p-3. The zero-order chi connectivity index (χ0) is 33.7. The smallest absolute Gasteiger partial charge is 0.570 e. The average molecular weight is 674 g/mol. The van der Waals surface area contributed by atoms with E-state index in [9.17, 15) is 79.6 Å². The first-order valence-electron chi connectivity index (χ1n) is 8.79. The van der Waals surface area contributed by atoms with Gasteiger partial charge in [-0.15, -0.1) is 39.5 Å². The molecule has 29 heteroatoms. The van der Waals surface area contributed by atoms with Crippen LogP contribution in [-0.4, -0.2) is 69.1 Å². The molecule has 3 aliphatic rings. The van der Waals surface area contributed by atoms with Gasteiger partial charge >= 0.3 is 36.4 Å². The highest BCUT2D eigenvalue weighted by Gasteiger charge is 2.77. The average Bonchev–Trinajstić information content (AvgIpc) is 3.04. The molecule has 0 fully saturated rings. The summed E-state index contributed by atoms with van der Waals surface area (Å²) in [7, 11) is -4.41. The van der Waals surface area contributed by atoms with Crippen LogP contribution in [0.1, 0.15) is 0 Å². The van der Waals surface area contributed by atoms with Gasteiger partial charge in [-0.25, -0.2) is 14.7 Å². The van der Waals surface area contributed by atoms with Gasteiger partial charge in [0.25, 0.3) is 17.9 Å². The maximum atomic E-state index is 12.2. The van der Waals surface area contributed by atoms with Gasteiger partial charge in [-0.1, -0.05) is 0 Å². The molecule has 10 nitrogen and oxygen atoms in total. The zero-order valence-corrected chi connectivity index (χ0v) is 20.0. The third-order valence-corrected chi connectivity index (χ3v) is 4.36. The van der Waals surface area contributed by atoms with Crippen LogP contribution < -0.4 is 14.7 Å². The van der Waals surface area contributed by atoms with Crippen molar-refractivity contribution in [1.82, 2.24) is 14.7 Å². The molecular weight excluding hydrogens is 665 g/mol. The summed E-state index contributed by atoms with van der Waals surface area (Å²) in [5, 5.41) is 0. The fourth-order valence-corrected chi connectivity index (χ4v) is 2.04. The van der Waals surface area contributed by atoms with Crippen molar-refractivity contribution in [1.29, 1.82) is 0 Å². The molecule has 0 atom stereocenters. The van der Waals surface area contributed by atoms with E-state index >= 15 is 0 Å². The molecule has 0 bridgehead atoms. The van der Waals surface area contributed by atoms with Crippen molar-refractivity contribution in [2.24, 2.45) is 0 Å². The van der Waals surface area contributed by atoms with Gasteiger partial charge in [0.15, 0.2) is 0 Å². The summed E-state index contributed by atoms with van der Waals surface area (Å²) >= 11 is 0. The Bertz CT molecular complexity index is 1020. The Hall–Kier alpha value is -2.65. The zero-order valence-electron chi connectivity index (χ0n) is 19.1. The lowest BCUT2D eigenvalue weighted by atomic mass is 10.8. The molecule has 0 aliphatic carbocycles. The third-order valence-electron chi connectivity index (χ3n) is 4.36. The SMILES string of the molecule is CN1C(F)=C(F)[N+](F)(F)C1(F)F.CN1C(F)=C(F)[N+](F)(F)C1(F)F.CN1C(F)=C(F)[N+](F)(F)C1(F)F.O=P([O-])([O-])[O-]. The fraction of sp³-hybridized carbons (Fsp3) is 0.500. The molecule has 0 aromatic rings. The maximum absolute atomic E-state index is 12.2. The number of halogens is 18. The first kappa shape index (κ1) is 38.4. The van der Waals surface area contributed by atoms with Crippen molar-refractivity contribution >= 4 is 7.82 Å². The van der Waals surface area contributed by atoms with Crippen molar-refractivity contribution < 1.29 is 114 Å². The molecule has 0 saturated carbocycles. The van der Waals surface area contributed by atoms with E-state index in [1.165, 1.54) is 0 Å². The van der Waals surface area contributed by atoms with Crippen LogP contribution >= 0.6 is 7.82 Å². The van der Waals surface area contributed by atoms with E-state index in [4.69, 9.17) is 19.2 Å². The van der Waals surface area contributed by atoms with Gasteiger partial charge in [-0.3, -0.25) is 0 Å². The normalized spacial score (nSPS) is 24.9. The van der Waals surface area contributed by atoms with Gasteiger partial charge in [-0.05, 0) is 0 Å². The topological polar surface area (TPSA) is 96.0 Å². The van der Waals surface area contributed by atoms with Crippen LogP contribution in [0.2, 0.25) is 0 Å². The lowest BCUT2D eigenvalue weighted by molar-refractivity contribution is -1.20. The third kappa shape index (κ3) is 6.56.